The molecule has 6 nitrogen and oxygen atoms in total. The van der Waals surface area contributed by atoms with Crippen molar-refractivity contribution in [3.63, 3.8) is 0 Å². The van der Waals surface area contributed by atoms with E-state index < -0.39 is 9.84 Å². The van der Waals surface area contributed by atoms with E-state index in [1.807, 2.05) is 6.92 Å². The molecule has 2 rings (SSSR count). The molecule has 0 bridgehead atoms. The highest BCUT2D eigenvalue weighted by Crippen LogP contribution is 2.22. The molecular weight excluding hydrogens is 254 g/mol. The van der Waals surface area contributed by atoms with E-state index in [4.69, 9.17) is 10.3 Å². The lowest BCUT2D eigenvalue weighted by Gasteiger charge is -2.19. The SMILES string of the molecule is CC(N)Cc1noc(CC2CCS(=O)(=O)CC2)n1. The third kappa shape index (κ3) is 3.78. The van der Waals surface area contributed by atoms with Crippen molar-refractivity contribution in [3.05, 3.63) is 11.7 Å². The number of rotatable bonds is 4. The number of sulfone groups is 1. The maximum absolute atomic E-state index is 11.3. The van der Waals surface area contributed by atoms with E-state index in [1.54, 1.807) is 0 Å². The van der Waals surface area contributed by atoms with Crippen molar-refractivity contribution in [1.29, 1.82) is 0 Å². The van der Waals surface area contributed by atoms with Crippen molar-refractivity contribution in [2.45, 2.75) is 38.6 Å². The van der Waals surface area contributed by atoms with Gasteiger partial charge in [0.05, 0.1) is 11.5 Å². The Hall–Kier alpha value is -0.950. The normalized spacial score (nSPS) is 21.9. The van der Waals surface area contributed by atoms with Gasteiger partial charge in [-0.2, -0.15) is 4.98 Å². The highest BCUT2D eigenvalue weighted by atomic mass is 32.2. The Bertz CT molecular complexity index is 481. The smallest absolute Gasteiger partial charge is 0.226 e. The van der Waals surface area contributed by atoms with Gasteiger partial charge in [-0.1, -0.05) is 5.16 Å². The topological polar surface area (TPSA) is 99.1 Å². The summed E-state index contributed by atoms with van der Waals surface area (Å²) in [5.41, 5.74) is 5.66. The minimum absolute atomic E-state index is 0.00951. The first-order valence-corrected chi connectivity index (χ1v) is 8.04. The minimum atomic E-state index is -2.80. The Kier molecular flexibility index (Phi) is 4.01. The van der Waals surface area contributed by atoms with Crippen LogP contribution in [0.3, 0.4) is 0 Å². The molecule has 0 aliphatic carbocycles. The first-order chi connectivity index (χ1) is 8.44. The lowest BCUT2D eigenvalue weighted by Crippen LogP contribution is -2.24. The molecule has 2 heterocycles. The summed E-state index contributed by atoms with van der Waals surface area (Å²) in [5, 5.41) is 3.87. The molecule has 18 heavy (non-hydrogen) atoms. The third-order valence-corrected chi connectivity index (χ3v) is 4.87. The van der Waals surface area contributed by atoms with Gasteiger partial charge in [-0.3, -0.25) is 0 Å². The van der Waals surface area contributed by atoms with Gasteiger partial charge in [0.2, 0.25) is 5.89 Å². The van der Waals surface area contributed by atoms with Gasteiger partial charge in [0, 0.05) is 18.9 Å². The van der Waals surface area contributed by atoms with Gasteiger partial charge in [-0.15, -0.1) is 0 Å². The van der Waals surface area contributed by atoms with Crippen LogP contribution in [0, 0.1) is 5.92 Å². The van der Waals surface area contributed by atoms with Crippen LogP contribution in [-0.2, 0) is 22.7 Å². The third-order valence-electron chi connectivity index (χ3n) is 3.15. The molecule has 1 aromatic heterocycles. The molecule has 2 N–H and O–H groups in total. The number of nitrogens with two attached hydrogens (primary N) is 1. The quantitative estimate of drug-likeness (QED) is 0.848. The van der Waals surface area contributed by atoms with Crippen LogP contribution in [0.15, 0.2) is 4.52 Å². The van der Waals surface area contributed by atoms with Crippen LogP contribution in [0.25, 0.3) is 0 Å². The predicted octanol–water partition coefficient (Wildman–Crippen LogP) is 0.327. The van der Waals surface area contributed by atoms with Crippen molar-refractivity contribution in [2.75, 3.05) is 11.5 Å². The largest absolute Gasteiger partial charge is 0.339 e. The Morgan fingerprint density at radius 1 is 1.44 bits per heavy atom. The molecule has 7 heteroatoms. The van der Waals surface area contributed by atoms with Crippen molar-refractivity contribution in [3.8, 4) is 0 Å². The monoisotopic (exact) mass is 273 g/mol. The molecule has 102 valence electrons. The van der Waals surface area contributed by atoms with Crippen LogP contribution in [-0.4, -0.2) is 36.1 Å². The van der Waals surface area contributed by atoms with Crippen LogP contribution in [0.2, 0.25) is 0 Å². The maximum Gasteiger partial charge on any atom is 0.226 e. The molecule has 1 fully saturated rings. The molecular formula is C11H19N3O3S. The van der Waals surface area contributed by atoms with Gasteiger partial charge in [0.15, 0.2) is 5.82 Å². The summed E-state index contributed by atoms with van der Waals surface area (Å²) in [7, 11) is -2.80. The number of hydrogen-bond acceptors (Lipinski definition) is 6. The van der Waals surface area contributed by atoms with Gasteiger partial charge in [-0.05, 0) is 25.7 Å². The molecule has 0 saturated carbocycles. The molecule has 1 aliphatic heterocycles. The van der Waals surface area contributed by atoms with Crippen molar-refractivity contribution in [2.24, 2.45) is 11.7 Å². The summed E-state index contributed by atoms with van der Waals surface area (Å²) in [4.78, 5) is 4.27. The molecule has 1 aromatic rings. The summed E-state index contributed by atoms with van der Waals surface area (Å²) in [6, 6.07) is 0.00951. The second-order valence-electron chi connectivity index (χ2n) is 5.09. The van der Waals surface area contributed by atoms with Crippen molar-refractivity contribution in [1.82, 2.24) is 10.1 Å². The van der Waals surface area contributed by atoms with Crippen LogP contribution >= 0.6 is 0 Å². The zero-order chi connectivity index (χ0) is 13.2. The van der Waals surface area contributed by atoms with Gasteiger partial charge < -0.3 is 10.3 Å². The van der Waals surface area contributed by atoms with E-state index in [9.17, 15) is 8.42 Å². The zero-order valence-electron chi connectivity index (χ0n) is 10.5. The van der Waals surface area contributed by atoms with Gasteiger partial charge in [-0.25, -0.2) is 8.42 Å². The van der Waals surface area contributed by atoms with E-state index in [0.29, 0.717) is 43.3 Å². The fourth-order valence-corrected chi connectivity index (χ4v) is 3.72. The Morgan fingerprint density at radius 2 is 2.11 bits per heavy atom. The van der Waals surface area contributed by atoms with Crippen LogP contribution in [0.5, 0.6) is 0 Å². The van der Waals surface area contributed by atoms with Gasteiger partial charge >= 0.3 is 0 Å². The Morgan fingerprint density at radius 3 is 2.72 bits per heavy atom. The molecule has 0 radical (unpaired) electrons. The van der Waals surface area contributed by atoms with E-state index in [1.165, 1.54) is 0 Å². The van der Waals surface area contributed by atoms with Crippen molar-refractivity contribution >= 4 is 9.84 Å². The first kappa shape index (κ1) is 13.5. The molecule has 0 spiro atoms. The van der Waals surface area contributed by atoms with E-state index in [-0.39, 0.29) is 17.5 Å². The standard InChI is InChI=1S/C11H19N3O3S/c1-8(12)6-10-13-11(17-14-10)7-9-2-4-18(15,16)5-3-9/h8-9H,2-7,12H2,1H3. The minimum Gasteiger partial charge on any atom is -0.339 e. The molecule has 0 aromatic carbocycles. The predicted molar refractivity (Wildman–Crippen MR) is 66.7 cm³/mol. The fraction of sp³-hybridized carbons (Fsp3) is 0.818. The lowest BCUT2D eigenvalue weighted by molar-refractivity contribution is 0.338. The number of hydrogen-bond donors (Lipinski definition) is 1. The van der Waals surface area contributed by atoms with E-state index >= 15 is 0 Å². The summed E-state index contributed by atoms with van der Waals surface area (Å²) in [6.45, 7) is 1.89. The molecule has 1 atom stereocenters. The van der Waals surface area contributed by atoms with E-state index in [2.05, 4.69) is 10.1 Å². The summed E-state index contributed by atoms with van der Waals surface area (Å²) in [5.74, 6) is 2.10. The van der Waals surface area contributed by atoms with Gasteiger partial charge in [0.25, 0.3) is 0 Å². The molecule has 1 saturated heterocycles. The molecule has 1 aliphatic rings. The molecule has 1 unspecified atom stereocenters. The maximum atomic E-state index is 11.3. The highest BCUT2D eigenvalue weighted by Gasteiger charge is 2.25. The Balaban J connectivity index is 1.88. The van der Waals surface area contributed by atoms with Crippen LogP contribution in [0.4, 0.5) is 0 Å². The summed E-state index contributed by atoms with van der Waals surface area (Å²) < 4.78 is 27.8. The van der Waals surface area contributed by atoms with Crippen LogP contribution < -0.4 is 5.73 Å². The molecule has 0 amide bonds. The summed E-state index contributed by atoms with van der Waals surface area (Å²) >= 11 is 0. The first-order valence-electron chi connectivity index (χ1n) is 6.22. The average Bonchev–Trinajstić information content (AvgIpc) is 2.68. The summed E-state index contributed by atoms with van der Waals surface area (Å²) in [6.07, 6.45) is 2.64. The number of aromatic nitrogens is 2. The van der Waals surface area contributed by atoms with Crippen molar-refractivity contribution < 1.29 is 12.9 Å². The average molecular weight is 273 g/mol. The highest BCUT2D eigenvalue weighted by molar-refractivity contribution is 7.91. The van der Waals surface area contributed by atoms with Crippen LogP contribution in [0.1, 0.15) is 31.5 Å². The second kappa shape index (κ2) is 5.36. The van der Waals surface area contributed by atoms with Gasteiger partial charge in [0.1, 0.15) is 9.84 Å². The number of nitrogens with zero attached hydrogens (tertiary/aromatic N) is 2. The second-order valence-corrected chi connectivity index (χ2v) is 7.39. The fourth-order valence-electron chi connectivity index (χ4n) is 2.13. The zero-order valence-corrected chi connectivity index (χ0v) is 11.3. The van der Waals surface area contributed by atoms with E-state index in [0.717, 1.165) is 0 Å². The Labute approximate surface area is 107 Å². The lowest BCUT2D eigenvalue weighted by atomic mass is 9.99.